The lowest BCUT2D eigenvalue weighted by atomic mass is 10.2. The number of carbonyl (C=O) groups is 1. The third-order valence-electron chi connectivity index (χ3n) is 4.69. The SMILES string of the molecule is C[C@@H](NC(=O)[C@@H]1COc2ccccc2O1)c1nnc2n1CCCCC2. The molecule has 0 aliphatic carbocycles. The highest BCUT2D eigenvalue weighted by Crippen LogP contribution is 2.31. The van der Waals surface area contributed by atoms with Gasteiger partial charge in [0.25, 0.3) is 5.91 Å². The number of amides is 1. The van der Waals surface area contributed by atoms with Crippen molar-refractivity contribution < 1.29 is 14.3 Å². The predicted molar refractivity (Wildman–Crippen MR) is 90.5 cm³/mol. The maximum atomic E-state index is 12.6. The number of nitrogens with one attached hydrogen (secondary N) is 1. The number of nitrogens with zero attached hydrogens (tertiary/aromatic N) is 3. The van der Waals surface area contributed by atoms with E-state index in [0.717, 1.165) is 37.5 Å². The number of ether oxygens (including phenoxy) is 2. The Morgan fingerprint density at radius 3 is 2.96 bits per heavy atom. The van der Waals surface area contributed by atoms with Gasteiger partial charge in [0.1, 0.15) is 12.4 Å². The van der Waals surface area contributed by atoms with Gasteiger partial charge >= 0.3 is 0 Å². The van der Waals surface area contributed by atoms with Crippen molar-refractivity contribution in [2.45, 2.75) is 51.3 Å². The van der Waals surface area contributed by atoms with Gasteiger partial charge in [-0.15, -0.1) is 10.2 Å². The minimum absolute atomic E-state index is 0.201. The fourth-order valence-electron chi connectivity index (χ4n) is 3.35. The maximum absolute atomic E-state index is 12.6. The summed E-state index contributed by atoms with van der Waals surface area (Å²) in [5, 5.41) is 11.6. The number of aryl methyl sites for hydroxylation is 1. The zero-order valence-corrected chi connectivity index (χ0v) is 14.3. The topological polar surface area (TPSA) is 78.3 Å². The lowest BCUT2D eigenvalue weighted by Crippen LogP contribution is -2.45. The molecule has 7 nitrogen and oxygen atoms in total. The average Bonchev–Trinajstić information content (AvgIpc) is 2.90. The summed E-state index contributed by atoms with van der Waals surface area (Å²) >= 11 is 0. The molecular weight excluding hydrogens is 320 g/mol. The van der Waals surface area contributed by atoms with Crippen molar-refractivity contribution in [3.63, 3.8) is 0 Å². The summed E-state index contributed by atoms with van der Waals surface area (Å²) in [6.07, 6.45) is 3.75. The van der Waals surface area contributed by atoms with E-state index in [0.29, 0.717) is 11.5 Å². The van der Waals surface area contributed by atoms with E-state index < -0.39 is 6.10 Å². The molecule has 2 aromatic rings. The third-order valence-corrected chi connectivity index (χ3v) is 4.69. The smallest absolute Gasteiger partial charge is 0.265 e. The Hall–Kier alpha value is -2.57. The minimum atomic E-state index is -0.663. The molecule has 2 aliphatic heterocycles. The largest absolute Gasteiger partial charge is 0.485 e. The van der Waals surface area contributed by atoms with E-state index in [1.54, 1.807) is 6.07 Å². The van der Waals surface area contributed by atoms with Gasteiger partial charge in [-0.2, -0.15) is 0 Å². The van der Waals surface area contributed by atoms with E-state index >= 15 is 0 Å². The van der Waals surface area contributed by atoms with Crippen LogP contribution in [0.2, 0.25) is 0 Å². The molecule has 1 aromatic heterocycles. The number of benzene rings is 1. The standard InChI is InChI=1S/C18H22N4O3/c1-12(17-21-20-16-9-3-2-6-10-22(16)17)19-18(23)15-11-24-13-7-4-5-8-14(13)25-15/h4-5,7-8,12,15H,2-3,6,9-11H2,1H3,(H,19,23)/t12-,15+/m1/s1. The molecule has 0 spiro atoms. The number of rotatable bonds is 3. The van der Waals surface area contributed by atoms with Crippen molar-refractivity contribution in [1.82, 2.24) is 20.1 Å². The summed E-state index contributed by atoms with van der Waals surface area (Å²) in [7, 11) is 0. The number of hydrogen-bond donors (Lipinski definition) is 1. The molecule has 2 aliphatic rings. The Labute approximate surface area is 146 Å². The van der Waals surface area contributed by atoms with E-state index in [4.69, 9.17) is 9.47 Å². The summed E-state index contributed by atoms with van der Waals surface area (Å²) < 4.78 is 13.5. The molecule has 1 aromatic carbocycles. The van der Waals surface area contributed by atoms with Gasteiger partial charge in [0, 0.05) is 13.0 Å². The summed E-state index contributed by atoms with van der Waals surface area (Å²) in [5.41, 5.74) is 0. The normalized spacial score (nSPS) is 20.3. The first-order valence-electron chi connectivity index (χ1n) is 8.83. The fourth-order valence-corrected chi connectivity index (χ4v) is 3.35. The molecular formula is C18H22N4O3. The zero-order valence-electron chi connectivity index (χ0n) is 14.3. The van der Waals surface area contributed by atoms with Gasteiger partial charge in [-0.3, -0.25) is 4.79 Å². The first kappa shape index (κ1) is 15.9. The van der Waals surface area contributed by atoms with Crippen molar-refractivity contribution in [3.05, 3.63) is 35.9 Å². The van der Waals surface area contributed by atoms with Crippen LogP contribution in [-0.4, -0.2) is 33.4 Å². The second kappa shape index (κ2) is 6.74. The van der Waals surface area contributed by atoms with E-state index in [2.05, 4.69) is 20.1 Å². The second-order valence-electron chi connectivity index (χ2n) is 6.53. The Balaban J connectivity index is 1.44. The van der Waals surface area contributed by atoms with Crippen LogP contribution >= 0.6 is 0 Å². The van der Waals surface area contributed by atoms with Gasteiger partial charge in [0.2, 0.25) is 6.10 Å². The highest BCUT2D eigenvalue weighted by molar-refractivity contribution is 5.82. The molecule has 7 heteroatoms. The number of aromatic nitrogens is 3. The maximum Gasteiger partial charge on any atom is 0.265 e. The lowest BCUT2D eigenvalue weighted by Gasteiger charge is -2.26. The van der Waals surface area contributed by atoms with Crippen LogP contribution in [0, 0.1) is 0 Å². The molecule has 3 heterocycles. The average molecular weight is 342 g/mol. The van der Waals surface area contributed by atoms with Gasteiger partial charge in [-0.1, -0.05) is 18.6 Å². The Morgan fingerprint density at radius 1 is 1.24 bits per heavy atom. The first-order valence-corrected chi connectivity index (χ1v) is 8.83. The summed E-state index contributed by atoms with van der Waals surface area (Å²) in [4.78, 5) is 12.6. The first-order chi connectivity index (χ1) is 12.2. The number of carbonyl (C=O) groups excluding carboxylic acids is 1. The molecule has 0 fully saturated rings. The van der Waals surface area contributed by atoms with Gasteiger partial charge in [-0.05, 0) is 31.9 Å². The van der Waals surface area contributed by atoms with E-state index in [-0.39, 0.29) is 18.6 Å². The van der Waals surface area contributed by atoms with E-state index in [9.17, 15) is 4.79 Å². The predicted octanol–water partition coefficient (Wildman–Crippen LogP) is 2.02. The molecule has 0 bridgehead atoms. The van der Waals surface area contributed by atoms with Crippen molar-refractivity contribution >= 4 is 5.91 Å². The molecule has 1 amide bonds. The number of para-hydroxylation sites is 2. The molecule has 0 saturated carbocycles. The van der Waals surface area contributed by atoms with Gasteiger partial charge in [-0.25, -0.2) is 0 Å². The quantitative estimate of drug-likeness (QED) is 0.923. The van der Waals surface area contributed by atoms with E-state index in [1.807, 2.05) is 25.1 Å². The number of hydrogen-bond acceptors (Lipinski definition) is 5. The highest BCUT2D eigenvalue weighted by atomic mass is 16.6. The molecule has 2 atom stereocenters. The summed E-state index contributed by atoms with van der Waals surface area (Å²) in [6.45, 7) is 3.04. The van der Waals surface area contributed by atoms with Crippen LogP contribution in [0.3, 0.4) is 0 Å². The van der Waals surface area contributed by atoms with Crippen molar-refractivity contribution in [3.8, 4) is 11.5 Å². The zero-order chi connectivity index (χ0) is 17.2. The molecule has 0 unspecified atom stereocenters. The molecule has 25 heavy (non-hydrogen) atoms. The van der Waals surface area contributed by atoms with Crippen LogP contribution < -0.4 is 14.8 Å². The van der Waals surface area contributed by atoms with Gasteiger partial charge in [0.05, 0.1) is 6.04 Å². The summed E-state index contributed by atoms with van der Waals surface area (Å²) in [5.74, 6) is 2.88. The van der Waals surface area contributed by atoms with Crippen LogP contribution in [-0.2, 0) is 17.8 Å². The molecule has 0 saturated heterocycles. The fraction of sp³-hybridized carbons (Fsp3) is 0.500. The minimum Gasteiger partial charge on any atom is -0.485 e. The lowest BCUT2D eigenvalue weighted by molar-refractivity contribution is -0.131. The van der Waals surface area contributed by atoms with Crippen LogP contribution in [0.4, 0.5) is 0 Å². The highest BCUT2D eigenvalue weighted by Gasteiger charge is 2.29. The second-order valence-corrected chi connectivity index (χ2v) is 6.53. The summed E-state index contributed by atoms with van der Waals surface area (Å²) in [6, 6.07) is 7.14. The van der Waals surface area contributed by atoms with Crippen molar-refractivity contribution in [2.75, 3.05) is 6.61 Å². The third kappa shape index (κ3) is 3.18. The van der Waals surface area contributed by atoms with E-state index in [1.165, 1.54) is 6.42 Å². The molecule has 1 N–H and O–H groups in total. The van der Waals surface area contributed by atoms with Crippen LogP contribution in [0.5, 0.6) is 11.5 Å². The molecule has 0 radical (unpaired) electrons. The van der Waals surface area contributed by atoms with Crippen molar-refractivity contribution in [1.29, 1.82) is 0 Å². The van der Waals surface area contributed by atoms with Crippen molar-refractivity contribution in [2.24, 2.45) is 0 Å². The number of fused-ring (bicyclic) bond motifs is 2. The van der Waals surface area contributed by atoms with Crippen LogP contribution in [0.15, 0.2) is 24.3 Å². The van der Waals surface area contributed by atoms with Crippen LogP contribution in [0.25, 0.3) is 0 Å². The molecule has 4 rings (SSSR count). The Morgan fingerprint density at radius 2 is 2.08 bits per heavy atom. The van der Waals surface area contributed by atoms with Crippen LogP contribution in [0.1, 0.15) is 43.9 Å². The van der Waals surface area contributed by atoms with Gasteiger partial charge in [0.15, 0.2) is 17.3 Å². The monoisotopic (exact) mass is 342 g/mol. The van der Waals surface area contributed by atoms with Gasteiger partial charge < -0.3 is 19.4 Å². The molecule has 132 valence electrons. The Bertz CT molecular complexity index is 773. The Kier molecular flexibility index (Phi) is 4.29.